The lowest BCUT2D eigenvalue weighted by Gasteiger charge is -2.28. The van der Waals surface area contributed by atoms with Crippen molar-refractivity contribution in [2.75, 3.05) is 26.2 Å². The highest BCUT2D eigenvalue weighted by atomic mass is 16.4. The Morgan fingerprint density at radius 1 is 1.43 bits per heavy atom. The van der Waals surface area contributed by atoms with Crippen LogP contribution in [0.2, 0.25) is 0 Å². The number of carboxylic acids is 1. The molecule has 0 aromatic heterocycles. The van der Waals surface area contributed by atoms with Crippen molar-refractivity contribution in [1.82, 2.24) is 9.80 Å². The van der Waals surface area contributed by atoms with Crippen molar-refractivity contribution >= 4 is 11.9 Å². The molecule has 1 N–H and O–H groups in total. The van der Waals surface area contributed by atoms with Crippen LogP contribution in [-0.2, 0) is 9.59 Å². The molecule has 2 aliphatic rings. The minimum Gasteiger partial charge on any atom is -0.481 e. The fourth-order valence-corrected chi connectivity index (χ4v) is 3.25. The molecular formula is C16H26N2O3. The Hall–Kier alpha value is -1.36. The van der Waals surface area contributed by atoms with Gasteiger partial charge in [-0.3, -0.25) is 14.5 Å². The van der Waals surface area contributed by atoms with Crippen LogP contribution in [0.4, 0.5) is 0 Å². The second kappa shape index (κ2) is 6.60. The van der Waals surface area contributed by atoms with Crippen LogP contribution < -0.4 is 0 Å². The summed E-state index contributed by atoms with van der Waals surface area (Å²) in [6, 6.07) is 0. The third-order valence-electron chi connectivity index (χ3n) is 4.66. The molecule has 21 heavy (non-hydrogen) atoms. The van der Waals surface area contributed by atoms with Gasteiger partial charge in [-0.2, -0.15) is 0 Å². The van der Waals surface area contributed by atoms with Crippen molar-refractivity contribution in [2.24, 2.45) is 5.41 Å². The molecule has 2 rings (SSSR count). The van der Waals surface area contributed by atoms with Gasteiger partial charge in [0.15, 0.2) is 0 Å². The maximum Gasteiger partial charge on any atom is 0.310 e. The van der Waals surface area contributed by atoms with Crippen LogP contribution in [0, 0.1) is 5.41 Å². The van der Waals surface area contributed by atoms with Crippen molar-refractivity contribution in [3.8, 4) is 0 Å². The highest BCUT2D eigenvalue weighted by Crippen LogP contribution is 2.30. The molecule has 1 atom stereocenters. The Balaban J connectivity index is 1.94. The number of amides is 1. The molecule has 0 radical (unpaired) electrons. The molecule has 1 heterocycles. The Kier molecular flexibility index (Phi) is 5.04. The van der Waals surface area contributed by atoms with Crippen LogP contribution in [-0.4, -0.2) is 53.0 Å². The molecule has 0 aromatic rings. The predicted molar refractivity (Wildman–Crippen MR) is 80.7 cm³/mol. The lowest BCUT2D eigenvalue weighted by molar-refractivity contribution is -0.147. The Morgan fingerprint density at radius 2 is 2.19 bits per heavy atom. The fourth-order valence-electron chi connectivity index (χ4n) is 3.25. The summed E-state index contributed by atoms with van der Waals surface area (Å²) in [6.45, 7) is 5.93. The minimum absolute atomic E-state index is 0.0975. The maximum absolute atomic E-state index is 12.5. The van der Waals surface area contributed by atoms with Gasteiger partial charge >= 0.3 is 5.97 Å². The molecule has 0 aromatic carbocycles. The van der Waals surface area contributed by atoms with E-state index in [1.54, 1.807) is 6.92 Å². The zero-order valence-electron chi connectivity index (χ0n) is 13.1. The highest BCUT2D eigenvalue weighted by molar-refractivity contribution is 5.80. The van der Waals surface area contributed by atoms with E-state index in [0.717, 1.165) is 25.0 Å². The lowest BCUT2D eigenvalue weighted by atomic mass is 9.90. The quantitative estimate of drug-likeness (QED) is 0.843. The van der Waals surface area contributed by atoms with Crippen molar-refractivity contribution < 1.29 is 14.7 Å². The van der Waals surface area contributed by atoms with E-state index in [0.29, 0.717) is 32.6 Å². The number of aliphatic carboxylic acids is 1. The number of likely N-dealkylation sites (tertiary alicyclic amines) is 1. The molecule has 1 aliphatic carbocycles. The molecule has 0 spiro atoms. The Morgan fingerprint density at radius 3 is 2.71 bits per heavy atom. The summed E-state index contributed by atoms with van der Waals surface area (Å²) in [7, 11) is 0. The summed E-state index contributed by atoms with van der Waals surface area (Å²) in [5.74, 6) is -0.667. The number of rotatable bonds is 5. The van der Waals surface area contributed by atoms with Gasteiger partial charge in [0.2, 0.25) is 5.91 Å². The standard InChI is InChI=1S/C16H26N2O3/c1-3-18(13-7-5-4-6-8-13)14(19)11-17-10-9-16(2,12-17)15(20)21/h7H,3-6,8-12H2,1-2H3,(H,20,21). The van der Waals surface area contributed by atoms with Crippen molar-refractivity contribution in [1.29, 1.82) is 0 Å². The average molecular weight is 294 g/mol. The number of nitrogens with zero attached hydrogens (tertiary/aromatic N) is 2. The third-order valence-corrected chi connectivity index (χ3v) is 4.66. The molecule has 1 saturated heterocycles. The summed E-state index contributed by atoms with van der Waals surface area (Å²) in [5.41, 5.74) is 0.440. The van der Waals surface area contributed by atoms with E-state index in [1.165, 1.54) is 6.42 Å². The van der Waals surface area contributed by atoms with Crippen molar-refractivity contribution in [2.45, 2.75) is 46.0 Å². The number of allylic oxidation sites excluding steroid dienone is 2. The number of likely N-dealkylation sites (N-methyl/N-ethyl adjacent to an activating group) is 1. The third kappa shape index (κ3) is 3.64. The van der Waals surface area contributed by atoms with Crippen molar-refractivity contribution in [3.63, 3.8) is 0 Å². The topological polar surface area (TPSA) is 60.9 Å². The summed E-state index contributed by atoms with van der Waals surface area (Å²) in [5, 5.41) is 9.25. The summed E-state index contributed by atoms with van der Waals surface area (Å²) < 4.78 is 0. The molecule has 118 valence electrons. The Bertz CT molecular complexity index is 447. The van der Waals surface area contributed by atoms with Gasteiger partial charge in [-0.25, -0.2) is 0 Å². The SMILES string of the molecule is CCN(C(=O)CN1CCC(C)(C(=O)O)C1)C1=CCCCC1. The largest absolute Gasteiger partial charge is 0.481 e. The second-order valence-electron chi connectivity index (χ2n) is 6.41. The van der Waals surface area contributed by atoms with Gasteiger partial charge in [0.25, 0.3) is 0 Å². The molecule has 1 unspecified atom stereocenters. The summed E-state index contributed by atoms with van der Waals surface area (Å²) >= 11 is 0. The molecule has 1 amide bonds. The van der Waals surface area contributed by atoms with Gasteiger partial charge in [-0.1, -0.05) is 6.08 Å². The van der Waals surface area contributed by atoms with Gasteiger partial charge in [-0.05, 0) is 52.5 Å². The predicted octanol–water partition coefficient (Wildman–Crippen LogP) is 2.09. The van der Waals surface area contributed by atoms with Crippen LogP contribution in [0.15, 0.2) is 11.8 Å². The fraction of sp³-hybridized carbons (Fsp3) is 0.750. The maximum atomic E-state index is 12.5. The first-order chi connectivity index (χ1) is 9.96. The lowest BCUT2D eigenvalue weighted by Crippen LogP contribution is -2.40. The first kappa shape index (κ1) is 16.0. The van der Waals surface area contributed by atoms with Gasteiger partial charge in [0.05, 0.1) is 12.0 Å². The van der Waals surface area contributed by atoms with E-state index in [-0.39, 0.29) is 5.91 Å². The van der Waals surface area contributed by atoms with E-state index in [9.17, 15) is 14.7 Å². The smallest absolute Gasteiger partial charge is 0.310 e. The summed E-state index contributed by atoms with van der Waals surface area (Å²) in [6.07, 6.45) is 7.18. The van der Waals surface area contributed by atoms with E-state index < -0.39 is 11.4 Å². The number of carbonyl (C=O) groups excluding carboxylic acids is 1. The van der Waals surface area contributed by atoms with Crippen LogP contribution >= 0.6 is 0 Å². The van der Waals surface area contributed by atoms with Gasteiger partial charge < -0.3 is 10.0 Å². The summed E-state index contributed by atoms with van der Waals surface area (Å²) in [4.78, 5) is 27.6. The zero-order chi connectivity index (χ0) is 15.5. The van der Waals surface area contributed by atoms with Gasteiger partial charge in [0, 0.05) is 18.8 Å². The molecule has 5 heteroatoms. The molecule has 1 aliphatic heterocycles. The van der Waals surface area contributed by atoms with Crippen LogP contribution in [0.5, 0.6) is 0 Å². The molecule has 0 saturated carbocycles. The van der Waals surface area contributed by atoms with Crippen LogP contribution in [0.25, 0.3) is 0 Å². The van der Waals surface area contributed by atoms with Gasteiger partial charge in [-0.15, -0.1) is 0 Å². The van der Waals surface area contributed by atoms with Crippen LogP contribution in [0.1, 0.15) is 46.0 Å². The molecule has 5 nitrogen and oxygen atoms in total. The molecule has 0 bridgehead atoms. The van der Waals surface area contributed by atoms with Crippen molar-refractivity contribution in [3.05, 3.63) is 11.8 Å². The average Bonchev–Trinajstić information content (AvgIpc) is 2.83. The normalized spacial score (nSPS) is 26.5. The minimum atomic E-state index is -0.764. The number of carbonyl (C=O) groups is 2. The van der Waals surface area contributed by atoms with Crippen LogP contribution in [0.3, 0.4) is 0 Å². The zero-order valence-corrected chi connectivity index (χ0v) is 13.1. The highest BCUT2D eigenvalue weighted by Gasteiger charge is 2.41. The number of carboxylic acid groups (broad SMARTS) is 1. The number of hydrogen-bond donors (Lipinski definition) is 1. The van der Waals surface area contributed by atoms with E-state index in [2.05, 4.69) is 6.08 Å². The van der Waals surface area contributed by atoms with E-state index in [4.69, 9.17) is 0 Å². The van der Waals surface area contributed by atoms with E-state index >= 15 is 0 Å². The first-order valence-corrected chi connectivity index (χ1v) is 7.91. The monoisotopic (exact) mass is 294 g/mol. The Labute approximate surface area is 126 Å². The molecular weight excluding hydrogens is 268 g/mol. The molecule has 1 fully saturated rings. The first-order valence-electron chi connectivity index (χ1n) is 7.91. The van der Waals surface area contributed by atoms with Gasteiger partial charge in [0.1, 0.15) is 0 Å². The number of hydrogen-bond acceptors (Lipinski definition) is 3. The second-order valence-corrected chi connectivity index (χ2v) is 6.41. The van der Waals surface area contributed by atoms with E-state index in [1.807, 2.05) is 16.7 Å².